The molecule has 0 fully saturated rings. The van der Waals surface area contributed by atoms with Crippen LogP contribution < -0.4 is 10.1 Å². The fraction of sp³-hybridized carbons (Fsp3) is 0.556. The SMILES string of the molecule is CCCCCNC/C=C1/CCCc2ccc(OC)cc21. The zero-order valence-electron chi connectivity index (χ0n) is 12.9. The van der Waals surface area contributed by atoms with Crippen LogP contribution in [0, 0.1) is 0 Å². The molecule has 1 aliphatic carbocycles. The van der Waals surface area contributed by atoms with Crippen LogP contribution in [0.1, 0.15) is 50.2 Å². The Morgan fingerprint density at radius 2 is 2.15 bits per heavy atom. The van der Waals surface area contributed by atoms with E-state index in [-0.39, 0.29) is 0 Å². The van der Waals surface area contributed by atoms with Gasteiger partial charge in [0.25, 0.3) is 0 Å². The van der Waals surface area contributed by atoms with Crippen molar-refractivity contribution < 1.29 is 4.74 Å². The summed E-state index contributed by atoms with van der Waals surface area (Å²) in [5.74, 6) is 0.965. The minimum absolute atomic E-state index is 0.965. The highest BCUT2D eigenvalue weighted by Gasteiger charge is 2.14. The summed E-state index contributed by atoms with van der Waals surface area (Å²) in [4.78, 5) is 0. The van der Waals surface area contributed by atoms with Crippen LogP contribution in [-0.2, 0) is 6.42 Å². The molecule has 2 rings (SSSR count). The molecule has 0 amide bonds. The summed E-state index contributed by atoms with van der Waals surface area (Å²) in [5.41, 5.74) is 4.34. The van der Waals surface area contributed by atoms with E-state index >= 15 is 0 Å². The van der Waals surface area contributed by atoms with Crippen molar-refractivity contribution in [3.8, 4) is 5.75 Å². The number of unbranched alkanes of at least 4 members (excludes halogenated alkanes) is 2. The van der Waals surface area contributed by atoms with Gasteiger partial charge in [-0.25, -0.2) is 0 Å². The van der Waals surface area contributed by atoms with Crippen LogP contribution in [0.3, 0.4) is 0 Å². The molecule has 110 valence electrons. The number of hydrogen-bond acceptors (Lipinski definition) is 2. The van der Waals surface area contributed by atoms with Crippen molar-refractivity contribution in [1.29, 1.82) is 0 Å². The van der Waals surface area contributed by atoms with E-state index in [2.05, 4.69) is 36.5 Å². The quantitative estimate of drug-likeness (QED) is 0.752. The molecule has 1 aromatic carbocycles. The molecule has 0 saturated carbocycles. The van der Waals surface area contributed by atoms with E-state index in [1.807, 2.05) is 0 Å². The van der Waals surface area contributed by atoms with Gasteiger partial charge in [0.15, 0.2) is 0 Å². The van der Waals surface area contributed by atoms with Crippen molar-refractivity contribution in [2.24, 2.45) is 0 Å². The van der Waals surface area contributed by atoms with Crippen LogP contribution in [0.25, 0.3) is 5.57 Å². The highest BCUT2D eigenvalue weighted by Crippen LogP contribution is 2.32. The number of aryl methyl sites for hydroxylation is 1. The zero-order valence-corrected chi connectivity index (χ0v) is 12.9. The van der Waals surface area contributed by atoms with Crippen LogP contribution in [-0.4, -0.2) is 20.2 Å². The second-order valence-electron chi connectivity index (χ2n) is 5.52. The van der Waals surface area contributed by atoms with Gasteiger partial charge in [-0.05, 0) is 61.1 Å². The number of ether oxygens (including phenoxy) is 1. The summed E-state index contributed by atoms with van der Waals surface area (Å²) >= 11 is 0. The fourth-order valence-electron chi connectivity index (χ4n) is 2.81. The van der Waals surface area contributed by atoms with E-state index < -0.39 is 0 Å². The summed E-state index contributed by atoms with van der Waals surface area (Å²) in [6, 6.07) is 6.48. The van der Waals surface area contributed by atoms with Gasteiger partial charge < -0.3 is 10.1 Å². The summed E-state index contributed by atoms with van der Waals surface area (Å²) in [6.45, 7) is 4.35. The number of hydrogen-bond donors (Lipinski definition) is 1. The summed E-state index contributed by atoms with van der Waals surface area (Å²) < 4.78 is 5.36. The van der Waals surface area contributed by atoms with Crippen molar-refractivity contribution in [1.82, 2.24) is 5.32 Å². The largest absolute Gasteiger partial charge is 0.497 e. The number of nitrogens with one attached hydrogen (secondary N) is 1. The van der Waals surface area contributed by atoms with Gasteiger partial charge >= 0.3 is 0 Å². The second kappa shape index (κ2) is 8.11. The van der Waals surface area contributed by atoms with Crippen LogP contribution >= 0.6 is 0 Å². The molecular formula is C18H27NO. The lowest BCUT2D eigenvalue weighted by Gasteiger charge is -2.20. The predicted molar refractivity (Wildman–Crippen MR) is 86.3 cm³/mol. The van der Waals surface area contributed by atoms with Crippen molar-refractivity contribution in [3.05, 3.63) is 35.4 Å². The lowest BCUT2D eigenvalue weighted by atomic mass is 9.87. The van der Waals surface area contributed by atoms with E-state index in [4.69, 9.17) is 4.74 Å². The van der Waals surface area contributed by atoms with E-state index in [1.54, 1.807) is 7.11 Å². The van der Waals surface area contributed by atoms with Crippen LogP contribution in [0.5, 0.6) is 5.75 Å². The highest BCUT2D eigenvalue weighted by molar-refractivity contribution is 5.71. The highest BCUT2D eigenvalue weighted by atomic mass is 16.5. The number of allylic oxidation sites excluding steroid dienone is 1. The Balaban J connectivity index is 1.96. The first-order chi connectivity index (χ1) is 9.85. The first kappa shape index (κ1) is 15.1. The average molecular weight is 273 g/mol. The lowest BCUT2D eigenvalue weighted by Crippen LogP contribution is -2.15. The second-order valence-corrected chi connectivity index (χ2v) is 5.52. The van der Waals surface area contributed by atoms with Gasteiger partial charge in [-0.3, -0.25) is 0 Å². The van der Waals surface area contributed by atoms with E-state index in [0.717, 1.165) is 18.8 Å². The van der Waals surface area contributed by atoms with Crippen LogP contribution in [0.15, 0.2) is 24.3 Å². The number of fused-ring (bicyclic) bond motifs is 1. The summed E-state index contributed by atoms with van der Waals surface area (Å²) in [6.07, 6.45) is 9.91. The minimum atomic E-state index is 0.965. The predicted octanol–water partition coefficient (Wildman–Crippen LogP) is 4.19. The Hall–Kier alpha value is -1.28. The lowest BCUT2D eigenvalue weighted by molar-refractivity contribution is 0.414. The molecule has 0 saturated heterocycles. The van der Waals surface area contributed by atoms with Gasteiger partial charge in [0.1, 0.15) is 5.75 Å². The van der Waals surface area contributed by atoms with Gasteiger partial charge in [-0.1, -0.05) is 31.9 Å². The smallest absolute Gasteiger partial charge is 0.119 e. The molecule has 0 atom stereocenters. The van der Waals surface area contributed by atoms with Crippen molar-refractivity contribution in [2.75, 3.05) is 20.2 Å². The van der Waals surface area contributed by atoms with Gasteiger partial charge in [0.2, 0.25) is 0 Å². The maximum absolute atomic E-state index is 5.36. The molecule has 2 heteroatoms. The Kier molecular flexibility index (Phi) is 6.13. The molecule has 0 spiro atoms. The molecule has 1 aromatic rings. The summed E-state index contributed by atoms with van der Waals surface area (Å²) in [7, 11) is 1.74. The Morgan fingerprint density at radius 1 is 1.25 bits per heavy atom. The van der Waals surface area contributed by atoms with Gasteiger partial charge in [0, 0.05) is 6.54 Å². The minimum Gasteiger partial charge on any atom is -0.497 e. The van der Waals surface area contributed by atoms with E-state index in [0.29, 0.717) is 0 Å². The van der Waals surface area contributed by atoms with Crippen molar-refractivity contribution >= 4 is 5.57 Å². The van der Waals surface area contributed by atoms with Crippen molar-refractivity contribution in [2.45, 2.75) is 45.4 Å². The first-order valence-corrected chi connectivity index (χ1v) is 7.92. The molecule has 2 nitrogen and oxygen atoms in total. The molecule has 0 aliphatic heterocycles. The Labute approximate surface area is 123 Å². The molecule has 0 aromatic heterocycles. The molecule has 1 aliphatic rings. The van der Waals surface area contributed by atoms with Crippen LogP contribution in [0.4, 0.5) is 0 Å². The summed E-state index contributed by atoms with van der Waals surface area (Å²) in [5, 5.41) is 3.52. The number of methoxy groups -OCH3 is 1. The number of rotatable bonds is 7. The van der Waals surface area contributed by atoms with Gasteiger partial charge in [-0.2, -0.15) is 0 Å². The van der Waals surface area contributed by atoms with E-state index in [1.165, 1.54) is 55.2 Å². The normalized spacial score (nSPS) is 16.2. The standard InChI is InChI=1S/C18H27NO/c1-3-4-5-12-19-13-11-16-8-6-7-15-9-10-17(20-2)14-18(15)16/h9-11,14,19H,3-8,12-13H2,1-2H3/b16-11-. The molecular weight excluding hydrogens is 246 g/mol. The molecule has 1 N–H and O–H groups in total. The third-order valence-corrected chi connectivity index (χ3v) is 4.01. The average Bonchev–Trinajstić information content (AvgIpc) is 2.50. The Bertz CT molecular complexity index is 451. The molecule has 0 radical (unpaired) electrons. The first-order valence-electron chi connectivity index (χ1n) is 7.92. The fourth-order valence-corrected chi connectivity index (χ4v) is 2.81. The monoisotopic (exact) mass is 273 g/mol. The molecule has 0 heterocycles. The topological polar surface area (TPSA) is 21.3 Å². The number of benzene rings is 1. The Morgan fingerprint density at radius 3 is 2.95 bits per heavy atom. The molecule has 0 unspecified atom stereocenters. The van der Waals surface area contributed by atoms with E-state index in [9.17, 15) is 0 Å². The van der Waals surface area contributed by atoms with Crippen LogP contribution in [0.2, 0.25) is 0 Å². The molecule has 0 bridgehead atoms. The van der Waals surface area contributed by atoms with Gasteiger partial charge in [-0.15, -0.1) is 0 Å². The van der Waals surface area contributed by atoms with Crippen molar-refractivity contribution in [3.63, 3.8) is 0 Å². The maximum Gasteiger partial charge on any atom is 0.119 e. The third kappa shape index (κ3) is 4.11. The zero-order chi connectivity index (χ0) is 14.2. The third-order valence-electron chi connectivity index (χ3n) is 4.01. The molecule has 20 heavy (non-hydrogen) atoms. The maximum atomic E-state index is 5.36. The van der Waals surface area contributed by atoms with Gasteiger partial charge in [0.05, 0.1) is 7.11 Å².